The van der Waals surface area contributed by atoms with Crippen LogP contribution in [0.5, 0.6) is 0 Å². The number of carbonyl (C=O) groups is 2. The minimum absolute atomic E-state index is 0.0592. The summed E-state index contributed by atoms with van der Waals surface area (Å²) in [5.41, 5.74) is 5.11. The number of aliphatic hydroxyl groups is 1. The third-order valence-electron chi connectivity index (χ3n) is 5.08. The summed E-state index contributed by atoms with van der Waals surface area (Å²) in [4.78, 5) is 30.0. The molecular weight excluding hydrogens is 340 g/mol. The zero-order valence-electron chi connectivity index (χ0n) is 14.4. The highest BCUT2D eigenvalue weighted by Gasteiger charge is 2.39. The molecule has 2 saturated heterocycles. The summed E-state index contributed by atoms with van der Waals surface area (Å²) in [5, 5.41) is 14.5. The molecule has 0 radical (unpaired) electrons. The number of hydrogen-bond acceptors (Lipinski definition) is 6. The molecule has 2 amide bonds. The molecule has 7 nitrogen and oxygen atoms in total. The van der Waals surface area contributed by atoms with Gasteiger partial charge in [0.15, 0.2) is 5.60 Å². The number of nitrogens with two attached hydrogens (primary N) is 1. The summed E-state index contributed by atoms with van der Waals surface area (Å²) >= 11 is 1.70. The van der Waals surface area contributed by atoms with E-state index in [0.29, 0.717) is 19.4 Å². The van der Waals surface area contributed by atoms with E-state index in [1.54, 1.807) is 11.3 Å². The lowest BCUT2D eigenvalue weighted by Crippen LogP contribution is -2.58. The fraction of sp³-hybridized carbons (Fsp3) is 0.647. The summed E-state index contributed by atoms with van der Waals surface area (Å²) in [6.07, 6.45) is 1.04. The van der Waals surface area contributed by atoms with Crippen LogP contribution in [0.25, 0.3) is 0 Å². The number of nitrogens with zero attached hydrogens (tertiary/aromatic N) is 3. The van der Waals surface area contributed by atoms with Crippen LogP contribution in [0.15, 0.2) is 16.8 Å². The Morgan fingerprint density at radius 2 is 1.96 bits per heavy atom. The molecule has 8 heteroatoms. The first-order valence-electron chi connectivity index (χ1n) is 8.72. The van der Waals surface area contributed by atoms with Crippen LogP contribution in [0.2, 0.25) is 0 Å². The van der Waals surface area contributed by atoms with Gasteiger partial charge in [-0.1, -0.05) is 0 Å². The number of amides is 2. The molecule has 0 spiro atoms. The largest absolute Gasteiger partial charge is 0.379 e. The monoisotopic (exact) mass is 366 g/mol. The molecule has 3 heterocycles. The molecule has 2 aliphatic heterocycles. The van der Waals surface area contributed by atoms with Crippen LogP contribution in [0.3, 0.4) is 0 Å². The fourth-order valence-electron chi connectivity index (χ4n) is 3.55. The maximum atomic E-state index is 12.5. The van der Waals surface area contributed by atoms with Crippen molar-refractivity contribution in [3.8, 4) is 0 Å². The first-order valence-corrected chi connectivity index (χ1v) is 9.66. The lowest BCUT2D eigenvalue weighted by atomic mass is 9.92. The summed E-state index contributed by atoms with van der Waals surface area (Å²) in [6, 6.07) is 2.14. The Morgan fingerprint density at radius 1 is 1.20 bits per heavy atom. The van der Waals surface area contributed by atoms with E-state index < -0.39 is 11.5 Å². The molecule has 1 atom stereocenters. The number of hydrogen-bond donors (Lipinski definition) is 2. The zero-order chi connectivity index (χ0) is 17.9. The van der Waals surface area contributed by atoms with Crippen LogP contribution < -0.4 is 5.73 Å². The standard InChI is InChI=1S/C17H26N4O3S/c18-16(23)17(24)3-1-4-20(13-17)11-15(22)21-7-5-19(6-8-21)10-14-2-9-25-12-14/h2,9,12,24H,1,3-8,10-11,13H2,(H2,18,23). The molecule has 1 aromatic heterocycles. The number of β-amino-alcohol motifs (C(OH)–C–C–N with tert-alkyl or cyclic N) is 1. The van der Waals surface area contributed by atoms with Gasteiger partial charge in [0, 0.05) is 39.3 Å². The fourth-order valence-corrected chi connectivity index (χ4v) is 4.21. The van der Waals surface area contributed by atoms with Crippen LogP contribution >= 0.6 is 11.3 Å². The van der Waals surface area contributed by atoms with E-state index in [-0.39, 0.29) is 19.0 Å². The third kappa shape index (κ3) is 4.58. The Bertz CT molecular complexity index is 601. The van der Waals surface area contributed by atoms with Crippen molar-refractivity contribution in [2.24, 2.45) is 5.73 Å². The molecule has 0 saturated carbocycles. The molecule has 0 aliphatic carbocycles. The van der Waals surface area contributed by atoms with Gasteiger partial charge >= 0.3 is 0 Å². The van der Waals surface area contributed by atoms with Crippen LogP contribution in [0.4, 0.5) is 0 Å². The first-order chi connectivity index (χ1) is 12.0. The van der Waals surface area contributed by atoms with Crippen LogP contribution in [-0.2, 0) is 16.1 Å². The van der Waals surface area contributed by atoms with Crippen molar-refractivity contribution in [2.75, 3.05) is 45.8 Å². The number of rotatable bonds is 5. The predicted molar refractivity (Wildman–Crippen MR) is 96.0 cm³/mol. The maximum absolute atomic E-state index is 12.5. The van der Waals surface area contributed by atoms with Crippen LogP contribution in [-0.4, -0.2) is 83.0 Å². The second-order valence-corrected chi connectivity index (χ2v) is 7.78. The topological polar surface area (TPSA) is 90.1 Å². The number of piperidine rings is 1. The molecule has 3 N–H and O–H groups in total. The maximum Gasteiger partial charge on any atom is 0.250 e. The normalized spacial score (nSPS) is 25.9. The van der Waals surface area contributed by atoms with Crippen molar-refractivity contribution in [1.82, 2.24) is 14.7 Å². The highest BCUT2D eigenvalue weighted by atomic mass is 32.1. The lowest BCUT2D eigenvalue weighted by molar-refractivity contribution is -0.145. The molecule has 25 heavy (non-hydrogen) atoms. The minimum Gasteiger partial charge on any atom is -0.379 e. The molecule has 1 aromatic rings. The Morgan fingerprint density at radius 3 is 2.60 bits per heavy atom. The highest BCUT2D eigenvalue weighted by molar-refractivity contribution is 7.07. The Labute approximate surface area is 152 Å². The second kappa shape index (κ2) is 7.82. The predicted octanol–water partition coefficient (Wildman–Crippen LogP) is -0.295. The van der Waals surface area contributed by atoms with Gasteiger partial charge in [-0.25, -0.2) is 0 Å². The minimum atomic E-state index is -1.50. The molecule has 2 aliphatic rings. The van der Waals surface area contributed by atoms with Crippen molar-refractivity contribution in [3.05, 3.63) is 22.4 Å². The van der Waals surface area contributed by atoms with Gasteiger partial charge < -0.3 is 15.7 Å². The zero-order valence-corrected chi connectivity index (χ0v) is 15.2. The first kappa shape index (κ1) is 18.3. The average Bonchev–Trinajstić information content (AvgIpc) is 3.08. The number of thiophene rings is 1. The van der Waals surface area contributed by atoms with Crippen LogP contribution in [0, 0.1) is 0 Å². The number of primary amides is 1. The molecule has 138 valence electrons. The van der Waals surface area contributed by atoms with Crippen molar-refractivity contribution in [1.29, 1.82) is 0 Å². The molecule has 1 unspecified atom stereocenters. The van der Waals surface area contributed by atoms with Gasteiger partial charge in [0.1, 0.15) is 0 Å². The highest BCUT2D eigenvalue weighted by Crippen LogP contribution is 2.21. The van der Waals surface area contributed by atoms with Crippen molar-refractivity contribution < 1.29 is 14.7 Å². The molecule has 3 rings (SSSR count). The molecular formula is C17H26N4O3S. The van der Waals surface area contributed by atoms with E-state index in [1.165, 1.54) is 5.56 Å². The van der Waals surface area contributed by atoms with Crippen molar-refractivity contribution in [2.45, 2.75) is 25.0 Å². The van der Waals surface area contributed by atoms with Crippen molar-refractivity contribution >= 4 is 23.2 Å². The molecule has 0 bridgehead atoms. The van der Waals surface area contributed by atoms with E-state index in [0.717, 1.165) is 32.7 Å². The van der Waals surface area contributed by atoms with Gasteiger partial charge in [-0.2, -0.15) is 11.3 Å². The van der Waals surface area contributed by atoms with E-state index >= 15 is 0 Å². The molecule has 2 fully saturated rings. The Balaban J connectivity index is 1.45. The molecule has 0 aromatic carbocycles. The Hall–Kier alpha value is -1.48. The smallest absolute Gasteiger partial charge is 0.250 e. The summed E-state index contributed by atoms with van der Waals surface area (Å²) in [7, 11) is 0. The summed E-state index contributed by atoms with van der Waals surface area (Å²) in [6.45, 7) is 5.20. The van der Waals surface area contributed by atoms with E-state index in [4.69, 9.17) is 5.73 Å². The third-order valence-corrected chi connectivity index (χ3v) is 5.81. The number of carbonyl (C=O) groups excluding carboxylic acids is 2. The lowest BCUT2D eigenvalue weighted by Gasteiger charge is -2.39. The average molecular weight is 366 g/mol. The van der Waals surface area contributed by atoms with Gasteiger partial charge in [-0.3, -0.25) is 19.4 Å². The van der Waals surface area contributed by atoms with E-state index in [9.17, 15) is 14.7 Å². The number of piperazine rings is 1. The summed E-state index contributed by atoms with van der Waals surface area (Å²) < 4.78 is 0. The SMILES string of the molecule is NC(=O)C1(O)CCCN(CC(=O)N2CCN(Cc3ccsc3)CC2)C1. The second-order valence-electron chi connectivity index (χ2n) is 7.00. The van der Waals surface area contributed by atoms with Gasteiger partial charge in [0.05, 0.1) is 6.54 Å². The quantitative estimate of drug-likeness (QED) is 0.747. The van der Waals surface area contributed by atoms with Crippen molar-refractivity contribution in [3.63, 3.8) is 0 Å². The van der Waals surface area contributed by atoms with E-state index in [1.807, 2.05) is 9.80 Å². The number of likely N-dealkylation sites (tertiary alicyclic amines) is 1. The van der Waals surface area contributed by atoms with Gasteiger partial charge in [0.2, 0.25) is 5.91 Å². The van der Waals surface area contributed by atoms with Gasteiger partial charge in [-0.15, -0.1) is 0 Å². The summed E-state index contributed by atoms with van der Waals surface area (Å²) in [5.74, 6) is -0.643. The van der Waals surface area contributed by atoms with Gasteiger partial charge in [-0.05, 0) is 41.8 Å². The van der Waals surface area contributed by atoms with Crippen LogP contribution in [0.1, 0.15) is 18.4 Å². The van der Waals surface area contributed by atoms with Gasteiger partial charge in [0.25, 0.3) is 5.91 Å². The Kier molecular flexibility index (Phi) is 5.73. The van der Waals surface area contributed by atoms with E-state index in [2.05, 4.69) is 21.7 Å².